The van der Waals surface area contributed by atoms with Crippen molar-refractivity contribution >= 4 is 28.7 Å². The van der Waals surface area contributed by atoms with Crippen LogP contribution in [0.3, 0.4) is 0 Å². The summed E-state index contributed by atoms with van der Waals surface area (Å²) in [7, 11) is 1.68. The molecular weight excluding hydrogens is 424 g/mol. The maximum Gasteiger partial charge on any atom is 0.158 e. The number of aryl methyl sites for hydroxylation is 1. The van der Waals surface area contributed by atoms with Gasteiger partial charge in [0.25, 0.3) is 0 Å². The molecule has 0 radical (unpaired) electrons. The van der Waals surface area contributed by atoms with E-state index in [2.05, 4.69) is 0 Å². The third-order valence-electron chi connectivity index (χ3n) is 5.65. The van der Waals surface area contributed by atoms with Crippen LogP contribution in [0.4, 0.5) is 0 Å². The first-order chi connectivity index (χ1) is 14.4. The minimum atomic E-state index is -0.564. The van der Waals surface area contributed by atoms with Crippen LogP contribution < -0.4 is 0 Å². The van der Waals surface area contributed by atoms with Gasteiger partial charge in [-0.2, -0.15) is 0 Å². The largest absolute Gasteiger partial charge is 0.393 e. The quantitative estimate of drug-likeness (QED) is 0.309. The van der Waals surface area contributed by atoms with Gasteiger partial charge >= 0.3 is 0 Å². The molecular formula is C23H33ClO5S. The van der Waals surface area contributed by atoms with Gasteiger partial charge in [-0.1, -0.05) is 35.9 Å². The first-order valence-electron chi connectivity index (χ1n) is 10.5. The van der Waals surface area contributed by atoms with E-state index < -0.39 is 18.8 Å². The van der Waals surface area contributed by atoms with Crippen molar-refractivity contribution in [3.8, 4) is 0 Å². The molecule has 0 saturated heterocycles. The van der Waals surface area contributed by atoms with Crippen LogP contribution in [0.15, 0.2) is 36.4 Å². The van der Waals surface area contributed by atoms with Crippen LogP contribution in [-0.2, 0) is 16.0 Å². The Morgan fingerprint density at radius 3 is 2.80 bits per heavy atom. The van der Waals surface area contributed by atoms with E-state index in [-0.39, 0.29) is 23.7 Å². The molecule has 3 N–H and O–H groups in total. The molecule has 5 nitrogen and oxygen atoms in total. The third-order valence-corrected chi connectivity index (χ3v) is 6.94. The van der Waals surface area contributed by atoms with E-state index in [1.807, 2.05) is 36.4 Å². The number of thiophene rings is 1. The van der Waals surface area contributed by atoms with Gasteiger partial charge in [-0.15, -0.1) is 11.3 Å². The highest BCUT2D eigenvalue weighted by atomic mass is 35.5. The van der Waals surface area contributed by atoms with Crippen LogP contribution in [0.1, 0.15) is 43.4 Å². The normalized spacial score (nSPS) is 25.5. The van der Waals surface area contributed by atoms with Crippen molar-refractivity contribution in [2.24, 2.45) is 11.8 Å². The highest BCUT2D eigenvalue weighted by Crippen LogP contribution is 2.36. The van der Waals surface area contributed by atoms with Crippen molar-refractivity contribution in [1.82, 2.24) is 0 Å². The number of hydrogen-bond donors (Lipinski definition) is 3. The van der Waals surface area contributed by atoms with E-state index in [4.69, 9.17) is 21.4 Å². The number of aliphatic hydroxyl groups is 3. The number of ether oxygens (including phenoxy) is 1. The molecule has 1 fully saturated rings. The highest BCUT2D eigenvalue weighted by Gasteiger charge is 2.39. The standard InChI is InChI=1S/C23H33ClO5S/c1-29-17(8-10-18-11-13-23(24)30-18)9-12-20-19(21(27)14-22(20)28)7-5-3-2-4-6-16(26)15-25/h3,5,9,11-13,17,19-22,25,27-28H,2,4,6-8,10,14-15H2,1H3/t17-,19+,20+,21-,22+/m0/s1. The first-order valence-corrected chi connectivity index (χ1v) is 11.7. The lowest BCUT2D eigenvalue weighted by Crippen LogP contribution is -2.20. The summed E-state index contributed by atoms with van der Waals surface area (Å²) in [5.74, 6) is -0.299. The predicted octanol–water partition coefficient (Wildman–Crippen LogP) is 3.94. The van der Waals surface area contributed by atoms with E-state index in [0.29, 0.717) is 25.7 Å². The number of rotatable bonds is 13. The molecule has 2 rings (SSSR count). The summed E-state index contributed by atoms with van der Waals surface area (Å²) >= 11 is 7.56. The number of allylic oxidation sites excluding steroid dienone is 2. The summed E-state index contributed by atoms with van der Waals surface area (Å²) in [6.45, 7) is -0.395. The van der Waals surface area contributed by atoms with E-state index in [0.717, 1.165) is 23.6 Å². The van der Waals surface area contributed by atoms with Crippen LogP contribution in [0.2, 0.25) is 4.34 Å². The van der Waals surface area contributed by atoms with Gasteiger partial charge in [-0.25, -0.2) is 0 Å². The van der Waals surface area contributed by atoms with Gasteiger partial charge in [0, 0.05) is 30.7 Å². The average molecular weight is 457 g/mol. The highest BCUT2D eigenvalue weighted by molar-refractivity contribution is 7.16. The SMILES string of the molecule is CO[C@H](C=C[C@@H]1[C@@H](CC=CCCCC(=O)CO)[C@@H](O)C[C@H]1O)CCc1ccc(Cl)s1. The average Bonchev–Trinajstić information content (AvgIpc) is 3.26. The Morgan fingerprint density at radius 1 is 1.33 bits per heavy atom. The summed E-state index contributed by atoms with van der Waals surface area (Å²) in [4.78, 5) is 12.3. The molecule has 168 valence electrons. The second-order valence-corrected chi connectivity index (χ2v) is 9.61. The van der Waals surface area contributed by atoms with Crippen molar-refractivity contribution in [3.63, 3.8) is 0 Å². The number of unbranched alkanes of at least 4 members (excludes halogenated alkanes) is 1. The number of carbonyl (C=O) groups is 1. The zero-order chi connectivity index (χ0) is 21.9. The van der Waals surface area contributed by atoms with Gasteiger partial charge in [-0.3, -0.25) is 4.79 Å². The molecule has 0 spiro atoms. The zero-order valence-electron chi connectivity index (χ0n) is 17.5. The molecule has 5 atom stereocenters. The van der Waals surface area contributed by atoms with Crippen molar-refractivity contribution < 1.29 is 24.9 Å². The lowest BCUT2D eigenvalue weighted by atomic mass is 9.89. The number of carbonyl (C=O) groups excluding carboxylic acids is 1. The monoisotopic (exact) mass is 456 g/mol. The molecule has 0 bridgehead atoms. The van der Waals surface area contributed by atoms with Gasteiger partial charge in [0.1, 0.15) is 6.61 Å². The fourth-order valence-corrected chi connectivity index (χ4v) is 4.99. The van der Waals surface area contributed by atoms with Gasteiger partial charge in [0.15, 0.2) is 5.78 Å². The maximum absolute atomic E-state index is 11.1. The zero-order valence-corrected chi connectivity index (χ0v) is 19.0. The Bertz CT molecular complexity index is 702. The van der Waals surface area contributed by atoms with Crippen LogP contribution in [0.5, 0.6) is 0 Å². The smallest absolute Gasteiger partial charge is 0.158 e. The molecule has 0 aliphatic heterocycles. The minimum absolute atomic E-state index is 0.0415. The van der Waals surface area contributed by atoms with Crippen LogP contribution in [0, 0.1) is 11.8 Å². The van der Waals surface area contributed by atoms with E-state index in [1.165, 1.54) is 4.88 Å². The number of halogens is 1. The Labute approximate surface area is 188 Å². The second kappa shape index (κ2) is 13.4. The van der Waals surface area contributed by atoms with Gasteiger partial charge in [0.2, 0.25) is 0 Å². The van der Waals surface area contributed by atoms with E-state index >= 15 is 0 Å². The number of hydrogen-bond acceptors (Lipinski definition) is 6. The molecule has 0 amide bonds. The number of ketones is 1. The topological polar surface area (TPSA) is 87.0 Å². The summed E-state index contributed by atoms with van der Waals surface area (Å²) in [6.07, 6.45) is 11.5. The number of Topliss-reactive ketones (excluding diaryl/α,β-unsaturated/α-hetero) is 1. The van der Waals surface area contributed by atoms with Crippen molar-refractivity contribution in [2.75, 3.05) is 13.7 Å². The molecule has 1 saturated carbocycles. The van der Waals surface area contributed by atoms with Crippen molar-refractivity contribution in [3.05, 3.63) is 45.7 Å². The molecule has 1 aromatic rings. The molecule has 7 heteroatoms. The van der Waals surface area contributed by atoms with Gasteiger partial charge in [0.05, 0.1) is 22.6 Å². The number of methoxy groups -OCH3 is 1. The van der Waals surface area contributed by atoms with Gasteiger partial charge < -0.3 is 20.1 Å². The van der Waals surface area contributed by atoms with Gasteiger partial charge in [-0.05, 0) is 50.2 Å². The number of aliphatic hydroxyl groups excluding tert-OH is 3. The van der Waals surface area contributed by atoms with Crippen LogP contribution in [-0.4, -0.2) is 53.1 Å². The lowest BCUT2D eigenvalue weighted by Gasteiger charge is -2.20. The lowest BCUT2D eigenvalue weighted by molar-refractivity contribution is -0.121. The minimum Gasteiger partial charge on any atom is -0.393 e. The Kier molecular flexibility index (Phi) is 11.3. The maximum atomic E-state index is 11.1. The third kappa shape index (κ3) is 8.25. The molecule has 30 heavy (non-hydrogen) atoms. The Balaban J connectivity index is 1.85. The molecule has 1 aliphatic carbocycles. The van der Waals surface area contributed by atoms with E-state index in [9.17, 15) is 15.0 Å². The molecule has 0 aromatic carbocycles. The van der Waals surface area contributed by atoms with Crippen LogP contribution in [0.25, 0.3) is 0 Å². The summed E-state index contributed by atoms with van der Waals surface area (Å²) in [5, 5.41) is 29.5. The Morgan fingerprint density at radius 2 is 2.13 bits per heavy atom. The summed E-state index contributed by atoms with van der Waals surface area (Å²) < 4.78 is 6.36. The molecule has 1 heterocycles. The predicted molar refractivity (Wildman–Crippen MR) is 121 cm³/mol. The molecule has 1 aromatic heterocycles. The summed E-state index contributed by atoms with van der Waals surface area (Å²) in [5.41, 5.74) is 0. The molecule has 1 aliphatic rings. The first kappa shape index (κ1) is 25.2. The Hall–Kier alpha value is -1.02. The van der Waals surface area contributed by atoms with Crippen molar-refractivity contribution in [2.45, 2.75) is 63.3 Å². The summed E-state index contributed by atoms with van der Waals surface area (Å²) in [6, 6.07) is 3.93. The van der Waals surface area contributed by atoms with Crippen molar-refractivity contribution in [1.29, 1.82) is 0 Å². The fraction of sp³-hybridized carbons (Fsp3) is 0.609. The van der Waals surface area contributed by atoms with Crippen LogP contribution >= 0.6 is 22.9 Å². The molecule has 0 unspecified atom stereocenters. The van der Waals surface area contributed by atoms with E-state index in [1.54, 1.807) is 18.4 Å². The second-order valence-electron chi connectivity index (χ2n) is 7.81. The fourth-order valence-electron chi connectivity index (χ4n) is 3.89.